The summed E-state index contributed by atoms with van der Waals surface area (Å²) in [6.07, 6.45) is 7.99. The molecule has 0 spiro atoms. The fourth-order valence-corrected chi connectivity index (χ4v) is 6.34. The summed E-state index contributed by atoms with van der Waals surface area (Å²) < 4.78 is 40.7. The maximum atomic E-state index is 13.9. The van der Waals surface area contributed by atoms with E-state index in [2.05, 4.69) is 16.1 Å². The fraction of sp³-hybridized carbons (Fsp3) is 0.353. The van der Waals surface area contributed by atoms with Crippen LogP contribution in [0.15, 0.2) is 95.4 Å². The number of carbonyl (C=O) groups excluding carboxylic acids is 2. The van der Waals surface area contributed by atoms with Crippen molar-refractivity contribution in [2.45, 2.75) is 69.4 Å². The Labute approximate surface area is 254 Å². The molecule has 7 nitrogen and oxygen atoms in total. The topological polar surface area (TPSA) is 95.6 Å². The van der Waals surface area contributed by atoms with Gasteiger partial charge in [-0.15, -0.1) is 0 Å². The Morgan fingerprint density at radius 1 is 0.907 bits per heavy atom. The molecule has 3 aromatic rings. The zero-order chi connectivity index (χ0) is 30.7. The van der Waals surface area contributed by atoms with E-state index in [1.807, 2.05) is 30.3 Å². The van der Waals surface area contributed by atoms with Gasteiger partial charge in [0, 0.05) is 26.1 Å². The smallest absolute Gasteiger partial charge is 0.247 e. The Hall–Kier alpha value is -3.82. The first-order chi connectivity index (χ1) is 20.8. The van der Waals surface area contributed by atoms with Gasteiger partial charge in [0.1, 0.15) is 11.9 Å². The number of nitrogens with zero attached hydrogens (tertiary/aromatic N) is 1. The molecule has 0 aromatic heterocycles. The van der Waals surface area contributed by atoms with Crippen molar-refractivity contribution in [3.63, 3.8) is 0 Å². The lowest BCUT2D eigenvalue weighted by Gasteiger charge is -2.32. The number of nitrogens with one attached hydrogen (secondary N) is 2. The van der Waals surface area contributed by atoms with E-state index in [9.17, 15) is 22.4 Å². The highest BCUT2D eigenvalue weighted by Crippen LogP contribution is 2.26. The quantitative estimate of drug-likeness (QED) is 0.226. The molecule has 1 atom stereocenters. The van der Waals surface area contributed by atoms with E-state index in [0.29, 0.717) is 24.1 Å². The normalized spacial score (nSPS) is 14.0. The highest BCUT2D eigenvalue weighted by Gasteiger charge is 2.31. The molecule has 0 bridgehead atoms. The number of rotatable bonds is 14. The molecule has 0 saturated carbocycles. The summed E-state index contributed by atoms with van der Waals surface area (Å²) in [7, 11) is -3.58. The van der Waals surface area contributed by atoms with Crippen LogP contribution in [0.5, 0.6) is 0 Å². The second-order valence-corrected chi connectivity index (χ2v) is 12.5. The summed E-state index contributed by atoms with van der Waals surface area (Å²) in [5.74, 6) is -0.890. The predicted molar refractivity (Wildman–Crippen MR) is 166 cm³/mol. The maximum absolute atomic E-state index is 13.9. The fourth-order valence-electron chi connectivity index (χ4n) is 5.30. The molecule has 1 aliphatic rings. The van der Waals surface area contributed by atoms with Crippen LogP contribution in [0.4, 0.5) is 4.39 Å². The first-order valence-corrected chi connectivity index (χ1v) is 16.4. The zero-order valence-corrected chi connectivity index (χ0v) is 25.4. The van der Waals surface area contributed by atoms with E-state index in [1.54, 1.807) is 36.1 Å². The summed E-state index contributed by atoms with van der Waals surface area (Å²) in [5.41, 5.74) is 3.54. The minimum absolute atomic E-state index is 0.101. The van der Waals surface area contributed by atoms with Crippen molar-refractivity contribution in [3.05, 3.63) is 113 Å². The third-order valence-electron chi connectivity index (χ3n) is 7.59. The number of hydrogen-bond acceptors (Lipinski definition) is 4. The van der Waals surface area contributed by atoms with Crippen molar-refractivity contribution in [2.75, 3.05) is 13.1 Å². The largest absolute Gasteiger partial charge is 0.354 e. The first-order valence-electron chi connectivity index (χ1n) is 14.9. The Morgan fingerprint density at radius 3 is 2.26 bits per heavy atom. The summed E-state index contributed by atoms with van der Waals surface area (Å²) >= 11 is 0. The zero-order valence-electron chi connectivity index (χ0n) is 24.6. The van der Waals surface area contributed by atoms with Gasteiger partial charge in [0.05, 0.1) is 4.90 Å². The Bertz CT molecular complexity index is 1490. The van der Waals surface area contributed by atoms with Crippen molar-refractivity contribution in [3.8, 4) is 0 Å². The Morgan fingerprint density at radius 2 is 1.60 bits per heavy atom. The standard InChI is InChI=1S/C34H40FN3O4S/c1-2-37-43(41,42)31-20-15-27(16-21-31)17-22-32(39)38(25-28-13-18-30(35)19-14-28)33(29-11-7-4-8-12-29)34(40)36-24-23-26-9-5-3-6-10-26/h4,7-9,11-16,18-21,33,37H,2-3,5-6,10,17,22-25H2,1H3,(H,36,40)/t33-/m0/s1. The van der Waals surface area contributed by atoms with Crippen LogP contribution in [0.25, 0.3) is 0 Å². The number of allylic oxidation sites excluding steroid dienone is 1. The minimum Gasteiger partial charge on any atom is -0.354 e. The number of carbonyl (C=O) groups is 2. The number of benzene rings is 3. The lowest BCUT2D eigenvalue weighted by atomic mass is 9.97. The molecule has 2 N–H and O–H groups in total. The molecule has 0 radical (unpaired) electrons. The summed E-state index contributed by atoms with van der Waals surface area (Å²) in [4.78, 5) is 29.4. The van der Waals surface area contributed by atoms with Crippen molar-refractivity contribution < 1.29 is 22.4 Å². The SMILES string of the molecule is CCNS(=O)(=O)c1ccc(CCC(=O)N(Cc2ccc(F)cc2)[C@H](C(=O)NCCC2=CCCCC2)c2ccccc2)cc1. The number of hydrogen-bond donors (Lipinski definition) is 2. The van der Waals surface area contributed by atoms with Crippen LogP contribution in [0.1, 0.15) is 68.2 Å². The predicted octanol–water partition coefficient (Wildman–Crippen LogP) is 5.83. The molecule has 228 valence electrons. The average molecular weight is 606 g/mol. The van der Waals surface area contributed by atoms with Gasteiger partial charge in [-0.2, -0.15) is 0 Å². The molecule has 1 aliphatic carbocycles. The van der Waals surface area contributed by atoms with E-state index in [1.165, 1.54) is 42.7 Å². The van der Waals surface area contributed by atoms with E-state index in [-0.39, 0.29) is 42.0 Å². The molecule has 4 rings (SSSR count). The molecular formula is C34H40FN3O4S. The molecule has 0 aliphatic heterocycles. The molecule has 0 saturated heterocycles. The van der Waals surface area contributed by atoms with Gasteiger partial charge >= 0.3 is 0 Å². The number of aryl methyl sites for hydroxylation is 1. The minimum atomic E-state index is -3.58. The van der Waals surface area contributed by atoms with Crippen LogP contribution in [-0.2, 0) is 32.6 Å². The van der Waals surface area contributed by atoms with Crippen LogP contribution >= 0.6 is 0 Å². The third kappa shape index (κ3) is 9.33. The van der Waals surface area contributed by atoms with Gasteiger partial charge in [-0.25, -0.2) is 17.5 Å². The van der Waals surface area contributed by atoms with Gasteiger partial charge in [-0.05, 0) is 79.5 Å². The molecule has 9 heteroatoms. The second-order valence-electron chi connectivity index (χ2n) is 10.8. The Kier molecular flexibility index (Phi) is 11.6. The third-order valence-corrected chi connectivity index (χ3v) is 9.15. The molecule has 43 heavy (non-hydrogen) atoms. The second kappa shape index (κ2) is 15.6. The van der Waals surface area contributed by atoms with E-state index < -0.39 is 16.1 Å². The highest BCUT2D eigenvalue weighted by atomic mass is 32.2. The van der Waals surface area contributed by atoms with E-state index in [4.69, 9.17) is 0 Å². The van der Waals surface area contributed by atoms with Gasteiger partial charge in [0.2, 0.25) is 21.8 Å². The maximum Gasteiger partial charge on any atom is 0.247 e. The van der Waals surface area contributed by atoms with Crippen molar-refractivity contribution in [2.24, 2.45) is 0 Å². The van der Waals surface area contributed by atoms with E-state index >= 15 is 0 Å². The van der Waals surface area contributed by atoms with Gasteiger partial charge in [-0.1, -0.05) is 73.2 Å². The van der Waals surface area contributed by atoms with Gasteiger partial charge < -0.3 is 10.2 Å². The lowest BCUT2D eigenvalue weighted by molar-refractivity contribution is -0.141. The molecule has 0 unspecified atom stereocenters. The number of halogens is 1. The van der Waals surface area contributed by atoms with Gasteiger partial charge in [0.15, 0.2) is 0 Å². The number of sulfonamides is 1. The highest BCUT2D eigenvalue weighted by molar-refractivity contribution is 7.89. The first kappa shape index (κ1) is 32.1. The Balaban J connectivity index is 1.55. The molecular weight excluding hydrogens is 565 g/mol. The monoisotopic (exact) mass is 605 g/mol. The molecule has 2 amide bonds. The van der Waals surface area contributed by atoms with Crippen LogP contribution in [0.2, 0.25) is 0 Å². The van der Waals surface area contributed by atoms with Crippen LogP contribution in [-0.4, -0.2) is 38.2 Å². The van der Waals surface area contributed by atoms with Gasteiger partial charge in [0.25, 0.3) is 0 Å². The summed E-state index contributed by atoms with van der Waals surface area (Å²) in [6, 6.07) is 20.7. The van der Waals surface area contributed by atoms with Gasteiger partial charge in [-0.3, -0.25) is 9.59 Å². The average Bonchev–Trinajstić information content (AvgIpc) is 3.02. The molecule has 0 fully saturated rings. The van der Waals surface area contributed by atoms with Crippen molar-refractivity contribution in [1.29, 1.82) is 0 Å². The van der Waals surface area contributed by atoms with Crippen LogP contribution in [0, 0.1) is 5.82 Å². The van der Waals surface area contributed by atoms with Crippen LogP contribution < -0.4 is 10.0 Å². The molecule has 3 aromatic carbocycles. The summed E-state index contributed by atoms with van der Waals surface area (Å²) in [5, 5.41) is 3.07. The lowest BCUT2D eigenvalue weighted by Crippen LogP contribution is -2.43. The summed E-state index contributed by atoms with van der Waals surface area (Å²) in [6.45, 7) is 2.61. The van der Waals surface area contributed by atoms with Crippen molar-refractivity contribution in [1.82, 2.24) is 14.9 Å². The number of amides is 2. The van der Waals surface area contributed by atoms with Crippen LogP contribution in [0.3, 0.4) is 0 Å². The molecule has 0 heterocycles. The van der Waals surface area contributed by atoms with Crippen molar-refractivity contribution >= 4 is 21.8 Å². The van der Waals surface area contributed by atoms with E-state index in [0.717, 1.165) is 24.8 Å².